The molecule has 1 heterocycles. The fraction of sp³-hybridized carbons (Fsp3) is 0.250. The summed E-state index contributed by atoms with van der Waals surface area (Å²) in [6, 6.07) is 18.1. The van der Waals surface area contributed by atoms with Gasteiger partial charge in [-0.2, -0.15) is 0 Å². The van der Waals surface area contributed by atoms with Crippen molar-refractivity contribution in [2.24, 2.45) is 0 Å². The predicted octanol–water partition coefficient (Wildman–Crippen LogP) is 2.73. The number of hydrogen-bond acceptors (Lipinski definition) is 5. The third-order valence-electron chi connectivity index (χ3n) is 4.13. The van der Waals surface area contributed by atoms with Gasteiger partial charge in [0.05, 0.1) is 23.9 Å². The second kappa shape index (κ2) is 7.51. The summed E-state index contributed by atoms with van der Waals surface area (Å²) in [5, 5.41) is 22.9. The van der Waals surface area contributed by atoms with Crippen molar-refractivity contribution in [3.8, 4) is 11.3 Å². The molecule has 0 radical (unpaired) electrons. The maximum Gasteiger partial charge on any atom is 0.0942 e. The van der Waals surface area contributed by atoms with Crippen molar-refractivity contribution >= 4 is 22.3 Å². The largest absolute Gasteiger partial charge is 0.394 e. The number of hydrogen-bond donors (Lipinski definition) is 3. The number of rotatable bonds is 6. The molecule has 0 aliphatic heterocycles. The van der Waals surface area contributed by atoms with Crippen LogP contribution < -0.4 is 10.2 Å². The molecule has 25 heavy (non-hydrogen) atoms. The minimum absolute atomic E-state index is 0.269. The van der Waals surface area contributed by atoms with Crippen molar-refractivity contribution in [2.45, 2.75) is 6.10 Å². The molecule has 5 heteroatoms. The number of para-hydroxylation sites is 1. The summed E-state index contributed by atoms with van der Waals surface area (Å²) in [6.45, 7) is 0.0123. The zero-order valence-corrected chi connectivity index (χ0v) is 14.5. The summed E-state index contributed by atoms with van der Waals surface area (Å²) < 4.78 is 0. The van der Waals surface area contributed by atoms with E-state index in [9.17, 15) is 5.11 Å². The molecule has 0 amide bonds. The van der Waals surface area contributed by atoms with Gasteiger partial charge in [-0.05, 0) is 24.3 Å². The van der Waals surface area contributed by atoms with Crippen LogP contribution in [-0.4, -0.2) is 48.5 Å². The first-order valence-electron chi connectivity index (χ1n) is 8.29. The van der Waals surface area contributed by atoms with E-state index in [4.69, 9.17) is 10.1 Å². The van der Waals surface area contributed by atoms with Gasteiger partial charge in [-0.25, -0.2) is 4.98 Å². The van der Waals surface area contributed by atoms with Gasteiger partial charge >= 0.3 is 0 Å². The first-order valence-corrected chi connectivity index (χ1v) is 8.29. The molecule has 1 aromatic heterocycles. The average Bonchev–Trinajstić information content (AvgIpc) is 2.65. The summed E-state index contributed by atoms with van der Waals surface area (Å²) in [6.07, 6.45) is -0.797. The highest BCUT2D eigenvalue weighted by Crippen LogP contribution is 2.29. The zero-order chi connectivity index (χ0) is 17.8. The summed E-state index contributed by atoms with van der Waals surface area (Å²) in [7, 11) is 4.02. The second-order valence-electron chi connectivity index (χ2n) is 6.23. The van der Waals surface area contributed by atoms with Gasteiger partial charge < -0.3 is 20.4 Å². The maximum atomic E-state index is 9.63. The van der Waals surface area contributed by atoms with Crippen LogP contribution in [0.1, 0.15) is 0 Å². The number of aromatic nitrogens is 1. The van der Waals surface area contributed by atoms with Gasteiger partial charge in [0.25, 0.3) is 0 Å². The van der Waals surface area contributed by atoms with E-state index in [1.54, 1.807) is 0 Å². The lowest BCUT2D eigenvalue weighted by molar-refractivity contribution is 0.105. The molecule has 1 atom stereocenters. The number of nitrogens with zero attached hydrogens (tertiary/aromatic N) is 2. The molecule has 0 saturated heterocycles. The smallest absolute Gasteiger partial charge is 0.0942 e. The third-order valence-corrected chi connectivity index (χ3v) is 4.13. The molecule has 2 aromatic carbocycles. The van der Waals surface area contributed by atoms with E-state index >= 15 is 0 Å². The van der Waals surface area contributed by atoms with Crippen LogP contribution in [0.15, 0.2) is 54.6 Å². The maximum absolute atomic E-state index is 9.63. The van der Waals surface area contributed by atoms with Gasteiger partial charge in [-0.1, -0.05) is 30.3 Å². The highest BCUT2D eigenvalue weighted by molar-refractivity contribution is 5.93. The topological polar surface area (TPSA) is 68.6 Å². The monoisotopic (exact) mass is 337 g/mol. The Bertz CT molecular complexity index is 847. The van der Waals surface area contributed by atoms with Crippen LogP contribution in [0.25, 0.3) is 22.2 Å². The lowest BCUT2D eigenvalue weighted by Crippen LogP contribution is -2.23. The standard InChI is InChI=1S/C20H23N3O2/c1-23(2)15-9-7-14(8-10-15)19-11-20(21-12-16(25)13-24)17-5-3-4-6-18(17)22-19/h3-11,16,24-25H,12-13H2,1-2H3,(H,21,22). The molecule has 0 spiro atoms. The molecular formula is C20H23N3O2. The molecule has 0 saturated carbocycles. The van der Waals surface area contributed by atoms with E-state index in [1.807, 2.05) is 44.4 Å². The number of pyridine rings is 1. The van der Waals surface area contributed by atoms with Gasteiger partial charge in [0.1, 0.15) is 0 Å². The Morgan fingerprint density at radius 1 is 1.08 bits per heavy atom. The Labute approximate surface area is 147 Å². The first-order chi connectivity index (χ1) is 12.1. The number of fused-ring (bicyclic) bond motifs is 1. The molecule has 3 rings (SSSR count). The van der Waals surface area contributed by atoms with Crippen LogP contribution in [0.2, 0.25) is 0 Å². The van der Waals surface area contributed by atoms with Gasteiger partial charge in [-0.3, -0.25) is 0 Å². The summed E-state index contributed by atoms with van der Waals surface area (Å²) in [5.41, 5.74) is 4.81. The SMILES string of the molecule is CN(C)c1ccc(-c2cc(NCC(O)CO)c3ccccc3n2)cc1. The minimum atomic E-state index is -0.797. The fourth-order valence-electron chi connectivity index (χ4n) is 2.69. The second-order valence-corrected chi connectivity index (χ2v) is 6.23. The predicted molar refractivity (Wildman–Crippen MR) is 103 cm³/mol. The highest BCUT2D eigenvalue weighted by atomic mass is 16.3. The van der Waals surface area contributed by atoms with E-state index < -0.39 is 6.10 Å². The lowest BCUT2D eigenvalue weighted by atomic mass is 10.1. The summed E-state index contributed by atoms with van der Waals surface area (Å²) in [4.78, 5) is 6.82. The van der Waals surface area contributed by atoms with Gasteiger partial charge in [-0.15, -0.1) is 0 Å². The molecule has 5 nitrogen and oxygen atoms in total. The Kier molecular flexibility index (Phi) is 5.16. The Morgan fingerprint density at radius 2 is 1.80 bits per heavy atom. The Balaban J connectivity index is 2.00. The Morgan fingerprint density at radius 3 is 2.48 bits per heavy atom. The highest BCUT2D eigenvalue weighted by Gasteiger charge is 2.09. The molecule has 0 fully saturated rings. The quantitative estimate of drug-likeness (QED) is 0.645. The van der Waals surface area contributed by atoms with E-state index in [-0.39, 0.29) is 13.2 Å². The molecule has 1 unspecified atom stereocenters. The average molecular weight is 337 g/mol. The minimum Gasteiger partial charge on any atom is -0.394 e. The van der Waals surface area contributed by atoms with Crippen molar-refractivity contribution in [3.05, 3.63) is 54.6 Å². The van der Waals surface area contributed by atoms with Gasteiger partial charge in [0.15, 0.2) is 0 Å². The molecular weight excluding hydrogens is 314 g/mol. The van der Waals surface area contributed by atoms with E-state index in [0.29, 0.717) is 0 Å². The molecule has 0 aliphatic rings. The summed E-state index contributed by atoms with van der Waals surface area (Å²) >= 11 is 0. The van der Waals surface area contributed by atoms with Gasteiger partial charge in [0, 0.05) is 43.0 Å². The van der Waals surface area contributed by atoms with Crippen molar-refractivity contribution in [3.63, 3.8) is 0 Å². The number of anilines is 2. The molecule has 3 aromatic rings. The first kappa shape index (κ1) is 17.2. The molecule has 0 aliphatic carbocycles. The van der Waals surface area contributed by atoms with Crippen molar-refractivity contribution < 1.29 is 10.2 Å². The molecule has 0 bridgehead atoms. The number of benzene rings is 2. The van der Waals surface area contributed by atoms with E-state index in [2.05, 4.69) is 34.5 Å². The molecule has 3 N–H and O–H groups in total. The lowest BCUT2D eigenvalue weighted by Gasteiger charge is -2.15. The number of aliphatic hydroxyl groups is 2. The van der Waals surface area contributed by atoms with Crippen LogP contribution >= 0.6 is 0 Å². The molecule has 130 valence electrons. The van der Waals surface area contributed by atoms with Crippen LogP contribution in [-0.2, 0) is 0 Å². The van der Waals surface area contributed by atoms with Crippen LogP contribution in [0.3, 0.4) is 0 Å². The Hall–Kier alpha value is -2.63. The third kappa shape index (κ3) is 3.90. The van der Waals surface area contributed by atoms with Crippen molar-refractivity contribution in [2.75, 3.05) is 37.5 Å². The zero-order valence-electron chi connectivity index (χ0n) is 14.5. The fourth-order valence-corrected chi connectivity index (χ4v) is 2.69. The normalized spacial score (nSPS) is 12.2. The van der Waals surface area contributed by atoms with Gasteiger partial charge in [0.2, 0.25) is 0 Å². The number of nitrogens with one attached hydrogen (secondary N) is 1. The summed E-state index contributed by atoms with van der Waals surface area (Å²) in [5.74, 6) is 0. The van der Waals surface area contributed by atoms with Crippen LogP contribution in [0, 0.1) is 0 Å². The van der Waals surface area contributed by atoms with E-state index in [0.717, 1.165) is 33.5 Å². The van der Waals surface area contributed by atoms with Crippen LogP contribution in [0.4, 0.5) is 11.4 Å². The van der Waals surface area contributed by atoms with E-state index in [1.165, 1.54) is 0 Å². The number of aliphatic hydroxyl groups excluding tert-OH is 2. The van der Waals surface area contributed by atoms with Crippen molar-refractivity contribution in [1.82, 2.24) is 4.98 Å². The van der Waals surface area contributed by atoms with Crippen molar-refractivity contribution in [1.29, 1.82) is 0 Å². The van der Waals surface area contributed by atoms with Crippen LogP contribution in [0.5, 0.6) is 0 Å².